The molecule has 0 aliphatic carbocycles. The Kier molecular flexibility index (Phi) is 9.60. The molecular weight excluding hydrogens is 202 g/mol. The van der Waals surface area contributed by atoms with E-state index in [1.54, 1.807) is 0 Å². The standard InChI is InChI=1S/C9H21NO3S/c1-3-4-5-6-7-10-9(2)8-13-14(11)12/h9-10H,3-8H2,1-2H3,(H,11,12). The van der Waals surface area contributed by atoms with E-state index >= 15 is 0 Å². The highest BCUT2D eigenvalue weighted by molar-refractivity contribution is 7.74. The Labute approximate surface area is 88.9 Å². The van der Waals surface area contributed by atoms with Gasteiger partial charge in [-0.1, -0.05) is 26.2 Å². The van der Waals surface area contributed by atoms with Gasteiger partial charge in [0.25, 0.3) is 0 Å². The van der Waals surface area contributed by atoms with Gasteiger partial charge in [-0.05, 0) is 19.9 Å². The normalized spacial score (nSPS) is 15.4. The number of hydrogen-bond donors (Lipinski definition) is 2. The molecule has 0 saturated carbocycles. The second kappa shape index (κ2) is 9.58. The maximum atomic E-state index is 10.2. The van der Waals surface area contributed by atoms with Gasteiger partial charge in [0.15, 0.2) is 0 Å². The summed E-state index contributed by atoms with van der Waals surface area (Å²) in [6.45, 7) is 5.34. The van der Waals surface area contributed by atoms with Crippen LogP contribution in [-0.2, 0) is 15.5 Å². The van der Waals surface area contributed by atoms with E-state index in [-0.39, 0.29) is 12.6 Å². The van der Waals surface area contributed by atoms with Crippen LogP contribution >= 0.6 is 0 Å². The first kappa shape index (κ1) is 14.0. The van der Waals surface area contributed by atoms with E-state index in [0.717, 1.165) is 13.0 Å². The van der Waals surface area contributed by atoms with Gasteiger partial charge in [0.2, 0.25) is 0 Å². The molecule has 0 amide bonds. The predicted molar refractivity (Wildman–Crippen MR) is 58.3 cm³/mol. The van der Waals surface area contributed by atoms with Crippen LogP contribution in [0, 0.1) is 0 Å². The lowest BCUT2D eigenvalue weighted by Crippen LogP contribution is -2.31. The van der Waals surface area contributed by atoms with Crippen LogP contribution in [-0.4, -0.2) is 28.0 Å². The molecule has 0 saturated heterocycles. The average molecular weight is 223 g/mol. The summed E-state index contributed by atoms with van der Waals surface area (Å²) in [5.41, 5.74) is 0. The van der Waals surface area contributed by atoms with Gasteiger partial charge in [0, 0.05) is 6.04 Å². The molecular formula is C9H21NO3S. The van der Waals surface area contributed by atoms with Crippen LogP contribution in [0.5, 0.6) is 0 Å². The molecule has 0 aliphatic heterocycles. The maximum Gasteiger partial charge on any atom is 0.301 e. The number of rotatable bonds is 9. The molecule has 86 valence electrons. The largest absolute Gasteiger partial charge is 0.312 e. The highest BCUT2D eigenvalue weighted by Crippen LogP contribution is 1.97. The van der Waals surface area contributed by atoms with Crippen LogP contribution in [0.15, 0.2) is 0 Å². The zero-order valence-electron chi connectivity index (χ0n) is 8.99. The Hall–Kier alpha value is 0.0300. The number of hydrogen-bond acceptors (Lipinski definition) is 3. The van der Waals surface area contributed by atoms with E-state index in [0.29, 0.717) is 0 Å². The molecule has 0 aromatic heterocycles. The quantitative estimate of drug-likeness (QED) is 0.461. The van der Waals surface area contributed by atoms with Crippen LogP contribution in [0.25, 0.3) is 0 Å². The smallest absolute Gasteiger partial charge is 0.301 e. The molecule has 0 aromatic rings. The highest BCUT2D eigenvalue weighted by Gasteiger charge is 2.02. The van der Waals surface area contributed by atoms with Gasteiger partial charge in [0.1, 0.15) is 0 Å². The fourth-order valence-corrected chi connectivity index (χ4v) is 1.44. The van der Waals surface area contributed by atoms with Crippen LogP contribution in [0.4, 0.5) is 0 Å². The molecule has 2 unspecified atom stereocenters. The monoisotopic (exact) mass is 223 g/mol. The number of unbranched alkanes of at least 4 members (excludes halogenated alkanes) is 3. The lowest BCUT2D eigenvalue weighted by molar-refractivity contribution is 0.269. The molecule has 0 radical (unpaired) electrons. The van der Waals surface area contributed by atoms with E-state index in [1.807, 2.05) is 6.92 Å². The fraction of sp³-hybridized carbons (Fsp3) is 1.00. The lowest BCUT2D eigenvalue weighted by atomic mass is 10.2. The molecule has 0 rings (SSSR count). The van der Waals surface area contributed by atoms with Crippen LogP contribution < -0.4 is 5.32 Å². The lowest BCUT2D eigenvalue weighted by Gasteiger charge is -2.11. The second-order valence-corrected chi connectivity index (χ2v) is 4.09. The van der Waals surface area contributed by atoms with Gasteiger partial charge >= 0.3 is 11.4 Å². The van der Waals surface area contributed by atoms with Crippen molar-refractivity contribution >= 4 is 11.4 Å². The fourth-order valence-electron chi connectivity index (χ4n) is 1.12. The molecule has 5 heteroatoms. The summed E-state index contributed by atoms with van der Waals surface area (Å²) in [5, 5.41) is 3.23. The van der Waals surface area contributed by atoms with Crippen molar-refractivity contribution < 1.29 is 12.9 Å². The first-order chi connectivity index (χ1) is 6.66. The molecule has 4 nitrogen and oxygen atoms in total. The third-order valence-electron chi connectivity index (χ3n) is 1.94. The summed E-state index contributed by atoms with van der Waals surface area (Å²) < 4.78 is 23.1. The van der Waals surface area contributed by atoms with E-state index in [1.165, 1.54) is 19.3 Å². The first-order valence-corrected chi connectivity index (χ1v) is 6.17. The van der Waals surface area contributed by atoms with E-state index < -0.39 is 11.4 Å². The Morgan fingerprint density at radius 1 is 1.43 bits per heavy atom. The maximum absolute atomic E-state index is 10.2. The minimum Gasteiger partial charge on any atom is -0.312 e. The van der Waals surface area contributed by atoms with Gasteiger partial charge in [-0.25, -0.2) is 0 Å². The molecule has 0 bridgehead atoms. The Bertz CT molecular complexity index is 155. The van der Waals surface area contributed by atoms with Crippen molar-refractivity contribution in [2.75, 3.05) is 13.2 Å². The summed E-state index contributed by atoms with van der Waals surface area (Å²) in [4.78, 5) is 0. The van der Waals surface area contributed by atoms with Gasteiger partial charge in [-0.15, -0.1) is 0 Å². The molecule has 14 heavy (non-hydrogen) atoms. The van der Waals surface area contributed by atoms with Crippen molar-refractivity contribution in [2.45, 2.75) is 45.6 Å². The summed E-state index contributed by atoms with van der Waals surface area (Å²) in [6, 6.07) is 0.132. The van der Waals surface area contributed by atoms with Crippen molar-refractivity contribution in [3.05, 3.63) is 0 Å². The zero-order chi connectivity index (χ0) is 10.8. The van der Waals surface area contributed by atoms with Crippen molar-refractivity contribution in [1.29, 1.82) is 0 Å². The molecule has 0 heterocycles. The Morgan fingerprint density at radius 3 is 2.71 bits per heavy atom. The summed E-state index contributed by atoms with van der Waals surface area (Å²) >= 11 is -2.14. The van der Waals surface area contributed by atoms with Gasteiger partial charge < -0.3 is 5.32 Å². The first-order valence-electron chi connectivity index (χ1n) is 5.14. The number of nitrogens with one attached hydrogen (secondary N) is 1. The average Bonchev–Trinajstić information content (AvgIpc) is 2.14. The molecule has 0 aliphatic rings. The molecule has 0 spiro atoms. The summed E-state index contributed by atoms with van der Waals surface area (Å²) in [5.74, 6) is 0. The molecule has 2 N–H and O–H groups in total. The molecule has 0 aromatic carbocycles. The van der Waals surface area contributed by atoms with Gasteiger partial charge in [0.05, 0.1) is 6.61 Å². The van der Waals surface area contributed by atoms with Crippen molar-refractivity contribution in [2.24, 2.45) is 0 Å². The Balaban J connectivity index is 3.18. The van der Waals surface area contributed by atoms with Gasteiger partial charge in [-0.3, -0.25) is 8.74 Å². The van der Waals surface area contributed by atoms with E-state index in [2.05, 4.69) is 16.4 Å². The Morgan fingerprint density at radius 2 is 2.14 bits per heavy atom. The van der Waals surface area contributed by atoms with Crippen LogP contribution in [0.2, 0.25) is 0 Å². The van der Waals surface area contributed by atoms with Crippen molar-refractivity contribution in [3.8, 4) is 0 Å². The van der Waals surface area contributed by atoms with Crippen LogP contribution in [0.1, 0.15) is 39.5 Å². The van der Waals surface area contributed by atoms with Crippen LogP contribution in [0.3, 0.4) is 0 Å². The van der Waals surface area contributed by atoms with E-state index in [9.17, 15) is 4.21 Å². The summed E-state index contributed by atoms with van der Waals surface area (Å²) in [7, 11) is 0. The highest BCUT2D eigenvalue weighted by atomic mass is 32.2. The topological polar surface area (TPSA) is 58.6 Å². The van der Waals surface area contributed by atoms with Crippen molar-refractivity contribution in [3.63, 3.8) is 0 Å². The third-order valence-corrected chi connectivity index (χ3v) is 2.28. The second-order valence-electron chi connectivity index (χ2n) is 3.42. The minimum absolute atomic E-state index is 0.132. The summed E-state index contributed by atoms with van der Waals surface area (Å²) in [6.07, 6.45) is 4.90. The molecule has 0 fully saturated rings. The van der Waals surface area contributed by atoms with Crippen molar-refractivity contribution in [1.82, 2.24) is 5.32 Å². The SMILES string of the molecule is CCCCCCNC(C)COS(=O)O. The van der Waals surface area contributed by atoms with E-state index in [4.69, 9.17) is 4.55 Å². The zero-order valence-corrected chi connectivity index (χ0v) is 9.81. The van der Waals surface area contributed by atoms with Gasteiger partial charge in [-0.2, -0.15) is 4.21 Å². The minimum atomic E-state index is -2.14. The third kappa shape index (κ3) is 10.1. The predicted octanol–water partition coefficient (Wildman–Crippen LogP) is 1.70. The molecule has 2 atom stereocenters.